The molecule has 1 atom stereocenters. The van der Waals surface area contributed by atoms with Gasteiger partial charge < -0.3 is 10.6 Å². The Kier molecular flexibility index (Phi) is 4.05. The zero-order chi connectivity index (χ0) is 12.3. The predicted molar refractivity (Wildman–Crippen MR) is 68.9 cm³/mol. The van der Waals surface area contributed by atoms with E-state index in [1.807, 2.05) is 13.8 Å². The lowest BCUT2D eigenvalue weighted by Crippen LogP contribution is -2.62. The van der Waals surface area contributed by atoms with E-state index in [4.69, 9.17) is 0 Å². The van der Waals surface area contributed by atoms with E-state index in [0.29, 0.717) is 6.04 Å². The molecule has 17 heavy (non-hydrogen) atoms. The van der Waals surface area contributed by atoms with Gasteiger partial charge in [-0.3, -0.25) is 9.69 Å². The topological polar surface area (TPSA) is 44.4 Å². The maximum absolute atomic E-state index is 11.8. The van der Waals surface area contributed by atoms with Crippen molar-refractivity contribution in [2.45, 2.75) is 51.1 Å². The number of nitrogens with zero attached hydrogens (tertiary/aromatic N) is 1. The Morgan fingerprint density at radius 1 is 1.35 bits per heavy atom. The first kappa shape index (κ1) is 12.8. The Labute approximate surface area is 104 Å². The summed E-state index contributed by atoms with van der Waals surface area (Å²) in [6.45, 7) is 8.00. The van der Waals surface area contributed by atoms with Crippen LogP contribution in [-0.4, -0.2) is 48.6 Å². The second-order valence-corrected chi connectivity index (χ2v) is 5.74. The summed E-state index contributed by atoms with van der Waals surface area (Å²) in [6, 6.07) is 0.657. The lowest BCUT2D eigenvalue weighted by Gasteiger charge is -2.42. The van der Waals surface area contributed by atoms with E-state index in [-0.39, 0.29) is 11.4 Å². The molecule has 2 fully saturated rings. The van der Waals surface area contributed by atoms with Crippen molar-refractivity contribution in [2.24, 2.45) is 0 Å². The summed E-state index contributed by atoms with van der Waals surface area (Å²) in [7, 11) is 0. The average molecular weight is 239 g/mol. The second kappa shape index (κ2) is 5.36. The van der Waals surface area contributed by atoms with Crippen LogP contribution in [0, 0.1) is 0 Å². The number of piperidine rings is 1. The molecule has 2 rings (SSSR count). The quantitative estimate of drug-likeness (QED) is 0.763. The van der Waals surface area contributed by atoms with E-state index in [9.17, 15) is 4.79 Å². The van der Waals surface area contributed by atoms with E-state index in [1.54, 1.807) is 0 Å². The number of rotatable bonds is 3. The van der Waals surface area contributed by atoms with Crippen molar-refractivity contribution in [3.05, 3.63) is 0 Å². The number of hydrogen-bond donors (Lipinski definition) is 2. The fourth-order valence-electron chi connectivity index (χ4n) is 2.82. The number of hydrogen-bond acceptors (Lipinski definition) is 3. The van der Waals surface area contributed by atoms with Crippen molar-refractivity contribution in [2.75, 3.05) is 26.2 Å². The minimum Gasteiger partial charge on any atom is -0.353 e. The highest BCUT2D eigenvalue weighted by molar-refractivity contribution is 5.86. The number of nitrogens with one attached hydrogen (secondary N) is 2. The van der Waals surface area contributed by atoms with Crippen LogP contribution in [0.5, 0.6) is 0 Å². The summed E-state index contributed by atoms with van der Waals surface area (Å²) in [5.41, 5.74) is -0.340. The van der Waals surface area contributed by atoms with Crippen LogP contribution in [0.4, 0.5) is 0 Å². The standard InChI is InChI=1S/C13H25N3O/c1-13(2)12(17)15-8-10-16(13)9-6-11-5-3-4-7-14-11/h11,14H,3-10H2,1-2H3,(H,15,17). The van der Waals surface area contributed by atoms with Gasteiger partial charge in [-0.15, -0.1) is 0 Å². The molecule has 0 aromatic heterocycles. The molecule has 0 aromatic carbocycles. The van der Waals surface area contributed by atoms with Gasteiger partial charge in [0.15, 0.2) is 0 Å². The van der Waals surface area contributed by atoms with Crippen LogP contribution < -0.4 is 10.6 Å². The van der Waals surface area contributed by atoms with Gasteiger partial charge in [0.2, 0.25) is 5.91 Å². The summed E-state index contributed by atoms with van der Waals surface area (Å²) in [5.74, 6) is 0.167. The van der Waals surface area contributed by atoms with Gasteiger partial charge in [-0.25, -0.2) is 0 Å². The third kappa shape index (κ3) is 2.99. The number of piperazine rings is 1. The van der Waals surface area contributed by atoms with Crippen LogP contribution in [0.15, 0.2) is 0 Å². The third-order valence-electron chi connectivity index (χ3n) is 4.17. The summed E-state index contributed by atoms with van der Waals surface area (Å²) in [6.07, 6.45) is 5.12. The van der Waals surface area contributed by atoms with Gasteiger partial charge >= 0.3 is 0 Å². The molecule has 0 aliphatic carbocycles. The van der Waals surface area contributed by atoms with E-state index >= 15 is 0 Å². The highest BCUT2D eigenvalue weighted by Crippen LogP contribution is 2.19. The fraction of sp³-hybridized carbons (Fsp3) is 0.923. The van der Waals surface area contributed by atoms with Crippen LogP contribution in [0.2, 0.25) is 0 Å². The van der Waals surface area contributed by atoms with Crippen molar-refractivity contribution in [1.82, 2.24) is 15.5 Å². The average Bonchev–Trinajstić information content (AvgIpc) is 2.32. The Bertz CT molecular complexity index is 272. The normalized spacial score (nSPS) is 30.0. The van der Waals surface area contributed by atoms with Gasteiger partial charge in [-0.1, -0.05) is 6.42 Å². The molecule has 2 aliphatic rings. The third-order valence-corrected chi connectivity index (χ3v) is 4.17. The van der Waals surface area contributed by atoms with Gasteiger partial charge in [0, 0.05) is 25.7 Å². The zero-order valence-corrected chi connectivity index (χ0v) is 11.1. The first-order valence-corrected chi connectivity index (χ1v) is 6.87. The highest BCUT2D eigenvalue weighted by Gasteiger charge is 2.37. The van der Waals surface area contributed by atoms with Crippen LogP contribution in [0.1, 0.15) is 39.5 Å². The van der Waals surface area contributed by atoms with Crippen LogP contribution in [0.25, 0.3) is 0 Å². The number of carbonyl (C=O) groups is 1. The second-order valence-electron chi connectivity index (χ2n) is 5.74. The highest BCUT2D eigenvalue weighted by atomic mass is 16.2. The van der Waals surface area contributed by atoms with Gasteiger partial charge in [-0.2, -0.15) is 0 Å². The van der Waals surface area contributed by atoms with Crippen molar-refractivity contribution < 1.29 is 4.79 Å². The van der Waals surface area contributed by atoms with E-state index in [1.165, 1.54) is 19.3 Å². The maximum Gasteiger partial charge on any atom is 0.239 e. The Morgan fingerprint density at radius 2 is 2.18 bits per heavy atom. The molecule has 2 aliphatic heterocycles. The zero-order valence-electron chi connectivity index (χ0n) is 11.1. The molecule has 2 N–H and O–H groups in total. The summed E-state index contributed by atoms with van der Waals surface area (Å²) < 4.78 is 0. The van der Waals surface area contributed by atoms with Gasteiger partial charge in [-0.05, 0) is 39.7 Å². The lowest BCUT2D eigenvalue weighted by atomic mass is 9.96. The molecule has 4 heteroatoms. The van der Waals surface area contributed by atoms with Gasteiger partial charge in [0.25, 0.3) is 0 Å². The molecule has 0 bridgehead atoms. The summed E-state index contributed by atoms with van der Waals surface area (Å²) >= 11 is 0. The minimum atomic E-state index is -0.340. The van der Waals surface area contributed by atoms with Crippen molar-refractivity contribution in [3.8, 4) is 0 Å². The molecule has 4 nitrogen and oxygen atoms in total. The molecule has 0 saturated carbocycles. The van der Waals surface area contributed by atoms with Crippen molar-refractivity contribution in [1.29, 1.82) is 0 Å². The monoisotopic (exact) mass is 239 g/mol. The van der Waals surface area contributed by atoms with Crippen molar-refractivity contribution >= 4 is 5.91 Å². The molecule has 2 saturated heterocycles. The SMILES string of the molecule is CC1(C)C(=O)NCCN1CCC1CCCCN1. The first-order chi connectivity index (χ1) is 8.10. The molecular weight excluding hydrogens is 214 g/mol. The van der Waals surface area contributed by atoms with Crippen LogP contribution >= 0.6 is 0 Å². The lowest BCUT2D eigenvalue weighted by molar-refractivity contribution is -0.135. The molecule has 1 amide bonds. The predicted octanol–water partition coefficient (Wildman–Crippen LogP) is 0.729. The molecule has 98 valence electrons. The number of amides is 1. The molecule has 2 heterocycles. The smallest absolute Gasteiger partial charge is 0.239 e. The summed E-state index contributed by atoms with van der Waals surface area (Å²) in [5, 5.41) is 6.51. The summed E-state index contributed by atoms with van der Waals surface area (Å²) in [4.78, 5) is 14.1. The van der Waals surface area contributed by atoms with Gasteiger partial charge in [0.05, 0.1) is 5.54 Å². The molecule has 0 spiro atoms. The Hall–Kier alpha value is -0.610. The fourth-order valence-corrected chi connectivity index (χ4v) is 2.82. The van der Waals surface area contributed by atoms with Crippen molar-refractivity contribution in [3.63, 3.8) is 0 Å². The maximum atomic E-state index is 11.8. The first-order valence-electron chi connectivity index (χ1n) is 6.87. The van der Waals surface area contributed by atoms with E-state index < -0.39 is 0 Å². The van der Waals surface area contributed by atoms with E-state index in [0.717, 1.165) is 32.6 Å². The van der Waals surface area contributed by atoms with Crippen LogP contribution in [0.3, 0.4) is 0 Å². The Morgan fingerprint density at radius 3 is 2.88 bits per heavy atom. The van der Waals surface area contributed by atoms with Gasteiger partial charge in [0.1, 0.15) is 0 Å². The Balaban J connectivity index is 1.82. The minimum absolute atomic E-state index is 0.167. The number of carbonyl (C=O) groups excluding carboxylic acids is 1. The molecular formula is C13H25N3O. The molecule has 0 radical (unpaired) electrons. The molecule has 0 aromatic rings. The van der Waals surface area contributed by atoms with Crippen LogP contribution in [-0.2, 0) is 4.79 Å². The largest absolute Gasteiger partial charge is 0.353 e. The van der Waals surface area contributed by atoms with E-state index in [2.05, 4.69) is 15.5 Å². The molecule has 1 unspecified atom stereocenters.